The van der Waals surface area contributed by atoms with Gasteiger partial charge in [-0.2, -0.15) is 5.10 Å². The van der Waals surface area contributed by atoms with Gasteiger partial charge >= 0.3 is 11.9 Å². The number of hydrogen-bond acceptors (Lipinski definition) is 4. The number of carboxylic acid groups (broad SMARTS) is 2. The quantitative estimate of drug-likeness (QED) is 0.689. The molecule has 1 atom stereocenters. The van der Waals surface area contributed by atoms with Gasteiger partial charge in [-0.25, -0.2) is 9.59 Å². The van der Waals surface area contributed by atoms with Crippen molar-refractivity contribution in [2.75, 3.05) is 0 Å². The third-order valence-corrected chi connectivity index (χ3v) is 2.60. The molecule has 0 bridgehead atoms. The molecule has 3 N–H and O–H groups in total. The van der Waals surface area contributed by atoms with Crippen LogP contribution in [0.25, 0.3) is 0 Å². The van der Waals surface area contributed by atoms with Crippen LogP contribution in [0.4, 0.5) is 0 Å². The Labute approximate surface area is 109 Å². The van der Waals surface area contributed by atoms with Gasteiger partial charge < -0.3 is 15.5 Å². The van der Waals surface area contributed by atoms with E-state index in [2.05, 4.69) is 10.4 Å². The highest BCUT2D eigenvalue weighted by Crippen LogP contribution is 2.09. The molecular weight excluding hydrogens is 254 g/mol. The molecular formula is C11H15N3O5. The second-order valence-electron chi connectivity index (χ2n) is 4.37. The summed E-state index contributed by atoms with van der Waals surface area (Å²) in [6.45, 7) is 3.28. The van der Waals surface area contributed by atoms with Crippen LogP contribution in [0.2, 0.25) is 0 Å². The zero-order chi connectivity index (χ0) is 14.7. The molecule has 1 amide bonds. The minimum atomic E-state index is -1.30. The van der Waals surface area contributed by atoms with Gasteiger partial charge in [0.05, 0.1) is 6.20 Å². The highest BCUT2D eigenvalue weighted by Gasteiger charge is 2.28. The van der Waals surface area contributed by atoms with Crippen molar-refractivity contribution in [2.24, 2.45) is 13.0 Å². The molecule has 1 rings (SSSR count). The van der Waals surface area contributed by atoms with Crippen LogP contribution in [0, 0.1) is 5.92 Å². The molecule has 104 valence electrons. The number of aryl methyl sites for hydroxylation is 1. The molecule has 1 heterocycles. The van der Waals surface area contributed by atoms with E-state index in [1.165, 1.54) is 7.05 Å². The number of carbonyl (C=O) groups excluding carboxylic acids is 1. The van der Waals surface area contributed by atoms with Crippen molar-refractivity contribution in [2.45, 2.75) is 19.9 Å². The maximum absolute atomic E-state index is 12.0. The number of aromatic carboxylic acids is 1. The molecule has 19 heavy (non-hydrogen) atoms. The van der Waals surface area contributed by atoms with E-state index < -0.39 is 23.9 Å². The molecule has 0 aliphatic heterocycles. The first kappa shape index (κ1) is 14.7. The van der Waals surface area contributed by atoms with E-state index in [1.807, 2.05) is 0 Å². The summed E-state index contributed by atoms with van der Waals surface area (Å²) in [4.78, 5) is 33.9. The fraction of sp³-hybridized carbons (Fsp3) is 0.455. The van der Waals surface area contributed by atoms with Gasteiger partial charge in [0.15, 0.2) is 0 Å². The number of rotatable bonds is 5. The monoisotopic (exact) mass is 269 g/mol. The molecule has 1 aromatic heterocycles. The van der Waals surface area contributed by atoms with Gasteiger partial charge in [0, 0.05) is 7.05 Å². The second-order valence-corrected chi connectivity index (χ2v) is 4.37. The molecule has 8 nitrogen and oxygen atoms in total. The lowest BCUT2D eigenvalue weighted by Crippen LogP contribution is -2.45. The number of aliphatic carboxylic acids is 1. The first-order valence-corrected chi connectivity index (χ1v) is 5.54. The van der Waals surface area contributed by atoms with Gasteiger partial charge in [0.25, 0.3) is 5.91 Å². The van der Waals surface area contributed by atoms with Crippen LogP contribution in [0.5, 0.6) is 0 Å². The van der Waals surface area contributed by atoms with Crippen molar-refractivity contribution in [1.29, 1.82) is 0 Å². The second kappa shape index (κ2) is 5.51. The topological polar surface area (TPSA) is 122 Å². The first-order valence-electron chi connectivity index (χ1n) is 5.54. The molecule has 0 unspecified atom stereocenters. The lowest BCUT2D eigenvalue weighted by Gasteiger charge is -2.18. The van der Waals surface area contributed by atoms with Gasteiger partial charge in [-0.15, -0.1) is 0 Å². The minimum absolute atomic E-state index is 0.181. The number of amides is 1. The Morgan fingerprint density at radius 2 is 1.89 bits per heavy atom. The number of carboxylic acids is 2. The Bertz CT molecular complexity index is 520. The molecule has 0 saturated heterocycles. The van der Waals surface area contributed by atoms with E-state index >= 15 is 0 Å². The van der Waals surface area contributed by atoms with E-state index in [1.54, 1.807) is 13.8 Å². The van der Waals surface area contributed by atoms with Crippen LogP contribution in [-0.2, 0) is 11.8 Å². The van der Waals surface area contributed by atoms with Crippen LogP contribution in [0.3, 0.4) is 0 Å². The van der Waals surface area contributed by atoms with Crippen molar-refractivity contribution >= 4 is 17.8 Å². The maximum atomic E-state index is 12.0. The van der Waals surface area contributed by atoms with E-state index in [0.29, 0.717) is 0 Å². The predicted octanol–water partition coefficient (Wildman–Crippen LogP) is -0.0427. The number of nitrogens with one attached hydrogen (secondary N) is 1. The Morgan fingerprint density at radius 1 is 1.32 bits per heavy atom. The minimum Gasteiger partial charge on any atom is -0.480 e. The summed E-state index contributed by atoms with van der Waals surface area (Å²) in [5, 5.41) is 23.9. The number of aromatic nitrogens is 2. The highest BCUT2D eigenvalue weighted by molar-refractivity contribution is 6.04. The predicted molar refractivity (Wildman–Crippen MR) is 63.9 cm³/mol. The van der Waals surface area contributed by atoms with Crippen molar-refractivity contribution in [3.63, 3.8) is 0 Å². The average Bonchev–Trinajstić information content (AvgIpc) is 2.66. The third kappa shape index (κ3) is 3.09. The molecule has 0 radical (unpaired) electrons. The van der Waals surface area contributed by atoms with E-state index in [4.69, 9.17) is 10.2 Å². The number of carbonyl (C=O) groups is 3. The van der Waals surface area contributed by atoms with Crippen LogP contribution in [-0.4, -0.2) is 43.9 Å². The summed E-state index contributed by atoms with van der Waals surface area (Å²) in [6, 6.07) is -1.09. The van der Waals surface area contributed by atoms with Gasteiger partial charge in [-0.3, -0.25) is 9.48 Å². The van der Waals surface area contributed by atoms with Gasteiger partial charge in [-0.1, -0.05) is 13.8 Å². The van der Waals surface area contributed by atoms with Crippen molar-refractivity contribution in [3.8, 4) is 0 Å². The normalized spacial score (nSPS) is 12.2. The molecule has 8 heteroatoms. The van der Waals surface area contributed by atoms with Crippen LogP contribution in [0.15, 0.2) is 6.20 Å². The standard InChI is InChI=1S/C11H15N3O5/c1-5(2)7(11(18)19)13-9(15)8-6(10(16)17)4-12-14(8)3/h4-5,7H,1-3H3,(H,13,15)(H,16,17)(H,18,19)/t7-/m0/s1. The fourth-order valence-corrected chi connectivity index (χ4v) is 1.59. The molecule has 0 saturated carbocycles. The number of nitrogens with zero attached hydrogens (tertiary/aromatic N) is 2. The van der Waals surface area contributed by atoms with E-state index in [0.717, 1.165) is 10.9 Å². The van der Waals surface area contributed by atoms with Crippen molar-refractivity contribution in [1.82, 2.24) is 15.1 Å². The Morgan fingerprint density at radius 3 is 2.32 bits per heavy atom. The Balaban J connectivity index is 3.04. The summed E-state index contributed by atoms with van der Waals surface area (Å²) in [6.07, 6.45) is 1.04. The van der Waals surface area contributed by atoms with Gasteiger partial charge in [0.1, 0.15) is 17.3 Å². The number of hydrogen-bond donors (Lipinski definition) is 3. The lowest BCUT2D eigenvalue weighted by molar-refractivity contribution is -0.140. The van der Waals surface area contributed by atoms with E-state index in [-0.39, 0.29) is 17.2 Å². The molecule has 1 aromatic rings. The summed E-state index contributed by atoms with van der Waals surface area (Å²) in [7, 11) is 1.41. The Kier molecular flexibility index (Phi) is 4.26. The van der Waals surface area contributed by atoms with Gasteiger partial charge in [0.2, 0.25) is 0 Å². The average molecular weight is 269 g/mol. The SMILES string of the molecule is CC(C)[C@H](NC(=O)c1c(C(=O)O)cnn1C)C(=O)O. The van der Waals surface area contributed by atoms with E-state index in [9.17, 15) is 14.4 Å². The zero-order valence-electron chi connectivity index (χ0n) is 10.7. The van der Waals surface area contributed by atoms with Crippen molar-refractivity contribution < 1.29 is 24.6 Å². The third-order valence-electron chi connectivity index (χ3n) is 2.60. The smallest absolute Gasteiger partial charge is 0.339 e. The molecule has 0 aliphatic carbocycles. The fourth-order valence-electron chi connectivity index (χ4n) is 1.59. The highest BCUT2D eigenvalue weighted by atomic mass is 16.4. The summed E-state index contributed by atoms with van der Waals surface area (Å²) in [5.74, 6) is -3.58. The largest absolute Gasteiger partial charge is 0.480 e. The first-order chi connectivity index (χ1) is 8.75. The summed E-state index contributed by atoms with van der Waals surface area (Å²) >= 11 is 0. The van der Waals surface area contributed by atoms with Crippen LogP contribution in [0.1, 0.15) is 34.7 Å². The van der Waals surface area contributed by atoms with Gasteiger partial charge in [-0.05, 0) is 5.92 Å². The molecule has 0 fully saturated rings. The van der Waals surface area contributed by atoms with Crippen LogP contribution >= 0.6 is 0 Å². The Hall–Kier alpha value is -2.38. The maximum Gasteiger partial charge on any atom is 0.339 e. The van der Waals surface area contributed by atoms with Crippen molar-refractivity contribution in [3.05, 3.63) is 17.5 Å². The molecule has 0 spiro atoms. The summed E-state index contributed by atoms with van der Waals surface area (Å²) in [5.41, 5.74) is -0.452. The lowest BCUT2D eigenvalue weighted by atomic mass is 10.0. The van der Waals surface area contributed by atoms with Crippen LogP contribution < -0.4 is 5.32 Å². The zero-order valence-corrected chi connectivity index (χ0v) is 10.7. The molecule has 0 aliphatic rings. The summed E-state index contributed by atoms with van der Waals surface area (Å²) < 4.78 is 1.10. The molecule has 0 aromatic carbocycles.